The predicted molar refractivity (Wildman–Crippen MR) is 96.1 cm³/mol. The van der Waals surface area contributed by atoms with Gasteiger partial charge >= 0.3 is 35.6 Å². The second-order valence-corrected chi connectivity index (χ2v) is 7.30. The van der Waals surface area contributed by atoms with Crippen molar-refractivity contribution in [1.82, 2.24) is 29.9 Å². The van der Waals surface area contributed by atoms with Gasteiger partial charge in [0.05, 0.1) is 17.2 Å². The van der Waals surface area contributed by atoms with Gasteiger partial charge in [0.2, 0.25) is 5.13 Å². The Morgan fingerprint density at radius 3 is 2.71 bits per heavy atom. The van der Waals surface area contributed by atoms with E-state index in [9.17, 15) is 13.6 Å². The molecule has 136 valence electrons. The third-order valence-electron chi connectivity index (χ3n) is 3.46. The number of nitrogens with one attached hydrogen (secondary N) is 1. The van der Waals surface area contributed by atoms with Gasteiger partial charge in [-0.3, -0.25) is 9.19 Å². The molecule has 1 unspecified atom stereocenters. The van der Waals surface area contributed by atoms with Crippen molar-refractivity contribution < 1.29 is 43.1 Å². The molecule has 0 spiro atoms. The smallest absolute Gasteiger partial charge is 0.767 e. The molecule has 0 bridgehead atoms. The molecule has 28 heavy (non-hydrogen) atoms. The molecule has 1 atom stereocenters. The van der Waals surface area contributed by atoms with E-state index in [2.05, 4.69) is 30.6 Å². The summed E-state index contributed by atoms with van der Waals surface area (Å²) >= 11 is -1.54. The van der Waals surface area contributed by atoms with E-state index in [4.69, 9.17) is 5.73 Å². The van der Waals surface area contributed by atoms with E-state index in [1.165, 1.54) is 12.4 Å². The maximum atomic E-state index is 11.2. The van der Waals surface area contributed by atoms with Crippen LogP contribution in [-0.2, 0) is 11.1 Å². The third-order valence-corrected chi connectivity index (χ3v) is 5.12. The van der Waals surface area contributed by atoms with Crippen LogP contribution in [0.5, 0.6) is 0 Å². The standard InChI is InChI=1S/C14H10N8O3S2.Na/c15-12(23)22-6-8(5-17-22)7-3-10-9(16-4-7)1-2-11(18-10)19-13-20-21-14(26-13)27(24)25;/h1-6H,(H2,15,23)(H,24,25)(H,18,19,20);/q;+1/p-1. The average molecular weight is 424 g/mol. The summed E-state index contributed by atoms with van der Waals surface area (Å²) in [5, 5.41) is 14.4. The molecule has 4 heterocycles. The van der Waals surface area contributed by atoms with Gasteiger partial charge < -0.3 is 15.6 Å². The number of hydrogen-bond donors (Lipinski definition) is 2. The van der Waals surface area contributed by atoms with Crippen molar-refractivity contribution in [2.24, 2.45) is 5.73 Å². The fraction of sp³-hybridized carbons (Fsp3) is 0. The summed E-state index contributed by atoms with van der Waals surface area (Å²) in [7, 11) is 0. The number of anilines is 2. The van der Waals surface area contributed by atoms with E-state index in [-0.39, 0.29) is 33.9 Å². The number of carbonyl (C=O) groups is 1. The van der Waals surface area contributed by atoms with Crippen LogP contribution in [0.15, 0.2) is 41.1 Å². The van der Waals surface area contributed by atoms with Crippen LogP contribution in [0.2, 0.25) is 0 Å². The zero-order valence-corrected chi connectivity index (χ0v) is 17.9. The van der Waals surface area contributed by atoms with E-state index in [1.54, 1.807) is 24.4 Å². The van der Waals surface area contributed by atoms with Gasteiger partial charge in [0.15, 0.2) is 4.34 Å². The molecule has 0 radical (unpaired) electrons. The maximum Gasteiger partial charge on any atom is 1.00 e. The SMILES string of the molecule is NC(=O)n1cc(-c2cnc3ccc(Nc4nnc(S(=O)[O-])s4)nc3c2)cn1.[Na+]. The van der Waals surface area contributed by atoms with Gasteiger partial charge in [-0.1, -0.05) is 11.3 Å². The van der Waals surface area contributed by atoms with Crippen molar-refractivity contribution in [3.63, 3.8) is 0 Å². The summed E-state index contributed by atoms with van der Waals surface area (Å²) in [6, 6.07) is 4.55. The van der Waals surface area contributed by atoms with Crippen molar-refractivity contribution in [1.29, 1.82) is 0 Å². The van der Waals surface area contributed by atoms with Gasteiger partial charge in [-0.2, -0.15) is 9.78 Å². The molecule has 0 saturated carbocycles. The van der Waals surface area contributed by atoms with Crippen LogP contribution in [0.4, 0.5) is 15.7 Å². The number of aromatic nitrogens is 6. The number of carbonyl (C=O) groups excluding carboxylic acids is 1. The van der Waals surface area contributed by atoms with Gasteiger partial charge in [-0.15, -0.1) is 10.2 Å². The van der Waals surface area contributed by atoms with Crippen LogP contribution in [0.25, 0.3) is 22.2 Å². The van der Waals surface area contributed by atoms with Crippen molar-refractivity contribution >= 4 is 50.4 Å². The minimum Gasteiger partial charge on any atom is -0.767 e. The minimum atomic E-state index is -2.43. The topological polar surface area (TPSA) is 165 Å². The Kier molecular flexibility index (Phi) is 6.12. The molecule has 0 aromatic carbocycles. The van der Waals surface area contributed by atoms with Crippen molar-refractivity contribution in [2.45, 2.75) is 4.34 Å². The maximum absolute atomic E-state index is 11.2. The number of pyridine rings is 2. The van der Waals surface area contributed by atoms with Crippen LogP contribution in [0, 0.1) is 0 Å². The predicted octanol–water partition coefficient (Wildman–Crippen LogP) is -1.74. The number of fused-ring (bicyclic) bond motifs is 1. The Morgan fingerprint density at radius 1 is 1.21 bits per heavy atom. The van der Waals surface area contributed by atoms with E-state index >= 15 is 0 Å². The Hall–Kier alpha value is -2.29. The van der Waals surface area contributed by atoms with E-state index in [1.807, 2.05) is 0 Å². The number of amides is 1. The summed E-state index contributed by atoms with van der Waals surface area (Å²) in [6.45, 7) is 0. The molecule has 14 heteroatoms. The van der Waals surface area contributed by atoms with Gasteiger partial charge in [0.1, 0.15) is 5.82 Å². The molecule has 11 nitrogen and oxygen atoms in total. The zero-order chi connectivity index (χ0) is 19.0. The molecule has 0 aliphatic rings. The summed E-state index contributed by atoms with van der Waals surface area (Å²) in [4.78, 5) is 19.9. The van der Waals surface area contributed by atoms with Crippen LogP contribution < -0.4 is 40.6 Å². The fourth-order valence-electron chi connectivity index (χ4n) is 2.26. The molecule has 4 rings (SSSR count). The summed E-state index contributed by atoms with van der Waals surface area (Å²) in [5.74, 6) is 0.452. The molecule has 4 aromatic rings. The third kappa shape index (κ3) is 4.24. The summed E-state index contributed by atoms with van der Waals surface area (Å²) in [5.41, 5.74) is 7.80. The van der Waals surface area contributed by atoms with Crippen molar-refractivity contribution in [3.05, 3.63) is 36.8 Å². The molecule has 0 aliphatic carbocycles. The van der Waals surface area contributed by atoms with Crippen molar-refractivity contribution in [3.8, 4) is 11.1 Å². The molecular formula is C14H9N8NaO3S2. The van der Waals surface area contributed by atoms with Crippen LogP contribution in [0.1, 0.15) is 0 Å². The van der Waals surface area contributed by atoms with E-state index < -0.39 is 17.1 Å². The fourth-order valence-corrected chi connectivity index (χ4v) is 3.36. The Morgan fingerprint density at radius 2 is 2.04 bits per heavy atom. The molecule has 0 fully saturated rings. The first-order chi connectivity index (χ1) is 13.0. The summed E-state index contributed by atoms with van der Waals surface area (Å²) < 4.78 is 22.7. The quantitative estimate of drug-likeness (QED) is 0.286. The Labute approximate surface area is 186 Å². The monoisotopic (exact) mass is 424 g/mol. The number of primary amides is 1. The number of nitrogens with zero attached hydrogens (tertiary/aromatic N) is 6. The van der Waals surface area contributed by atoms with Crippen LogP contribution in [-0.4, -0.2) is 44.7 Å². The zero-order valence-electron chi connectivity index (χ0n) is 14.3. The second kappa shape index (κ2) is 8.38. The number of nitrogens with two attached hydrogens (primary N) is 1. The average Bonchev–Trinajstić information content (AvgIpc) is 3.31. The molecule has 4 aromatic heterocycles. The van der Waals surface area contributed by atoms with E-state index in [0.29, 0.717) is 33.1 Å². The van der Waals surface area contributed by atoms with Gasteiger partial charge in [0, 0.05) is 34.6 Å². The first-order valence-corrected chi connectivity index (χ1v) is 9.20. The molecule has 0 aliphatic heterocycles. The first kappa shape index (κ1) is 20.4. The van der Waals surface area contributed by atoms with E-state index in [0.717, 1.165) is 16.0 Å². The Balaban J connectivity index is 0.00000225. The van der Waals surface area contributed by atoms with Crippen LogP contribution in [0.3, 0.4) is 0 Å². The second-order valence-electron chi connectivity index (χ2n) is 5.20. The summed E-state index contributed by atoms with van der Waals surface area (Å²) in [6.07, 6.45) is 4.64. The normalized spacial score (nSPS) is 11.8. The van der Waals surface area contributed by atoms with Crippen LogP contribution >= 0.6 is 11.3 Å². The molecule has 1 amide bonds. The number of rotatable bonds is 4. The largest absolute Gasteiger partial charge is 1.00 e. The Bertz CT molecular complexity index is 1190. The molecule has 3 N–H and O–H groups in total. The van der Waals surface area contributed by atoms with Crippen molar-refractivity contribution in [2.75, 3.05) is 5.32 Å². The molecule has 0 saturated heterocycles. The number of hydrogen-bond acceptors (Lipinski definition) is 10. The van der Waals surface area contributed by atoms with Gasteiger partial charge in [-0.05, 0) is 18.2 Å². The minimum absolute atomic E-state index is 0. The van der Waals surface area contributed by atoms with Gasteiger partial charge in [-0.25, -0.2) is 9.78 Å². The molecular weight excluding hydrogens is 415 g/mol. The first-order valence-electron chi connectivity index (χ1n) is 7.31. The van der Waals surface area contributed by atoms with Gasteiger partial charge in [0.25, 0.3) is 0 Å².